The molecule has 1 amide bonds. The second-order valence-corrected chi connectivity index (χ2v) is 4.74. The van der Waals surface area contributed by atoms with Crippen LogP contribution in [0.3, 0.4) is 0 Å². The molecule has 0 aliphatic heterocycles. The van der Waals surface area contributed by atoms with Crippen molar-refractivity contribution in [2.24, 2.45) is 0 Å². The van der Waals surface area contributed by atoms with Crippen LogP contribution in [0.4, 0.5) is 11.8 Å². The van der Waals surface area contributed by atoms with E-state index in [1.54, 1.807) is 7.05 Å². The van der Waals surface area contributed by atoms with Crippen molar-refractivity contribution >= 4 is 28.6 Å². The van der Waals surface area contributed by atoms with Crippen LogP contribution < -0.4 is 16.0 Å². The Morgan fingerprint density at radius 2 is 2.00 bits per heavy atom. The third-order valence-corrected chi connectivity index (χ3v) is 2.69. The van der Waals surface area contributed by atoms with Crippen LogP contribution in [0.1, 0.15) is 13.8 Å². The number of aromatic nitrogens is 2. The summed E-state index contributed by atoms with van der Waals surface area (Å²) in [7, 11) is 1.76. The van der Waals surface area contributed by atoms with E-state index in [1.165, 1.54) is 0 Å². The summed E-state index contributed by atoms with van der Waals surface area (Å²) in [5.41, 5.74) is 0.832. The molecule has 0 saturated heterocycles. The third-order valence-electron chi connectivity index (χ3n) is 2.69. The fourth-order valence-electron chi connectivity index (χ4n) is 1.86. The molecular formula is C14H19N5O. The molecule has 6 heteroatoms. The van der Waals surface area contributed by atoms with E-state index in [4.69, 9.17) is 0 Å². The molecule has 2 rings (SSSR count). The number of hydrogen-bond donors (Lipinski definition) is 3. The normalized spacial score (nSPS) is 10.6. The molecule has 20 heavy (non-hydrogen) atoms. The highest BCUT2D eigenvalue weighted by Gasteiger charge is 2.08. The second-order valence-electron chi connectivity index (χ2n) is 4.74. The van der Waals surface area contributed by atoms with Gasteiger partial charge in [0, 0.05) is 18.5 Å². The molecule has 0 radical (unpaired) electrons. The molecule has 0 bridgehead atoms. The number of rotatable bonds is 5. The molecule has 2 aromatic rings. The summed E-state index contributed by atoms with van der Waals surface area (Å²) < 4.78 is 0. The van der Waals surface area contributed by atoms with Gasteiger partial charge in [0.1, 0.15) is 5.82 Å². The topological polar surface area (TPSA) is 78.9 Å². The maximum absolute atomic E-state index is 11.7. The number of nitrogens with zero attached hydrogens (tertiary/aromatic N) is 2. The average molecular weight is 273 g/mol. The predicted molar refractivity (Wildman–Crippen MR) is 80.9 cm³/mol. The Morgan fingerprint density at radius 3 is 2.70 bits per heavy atom. The zero-order valence-electron chi connectivity index (χ0n) is 11.9. The summed E-state index contributed by atoms with van der Waals surface area (Å²) in [4.78, 5) is 20.4. The van der Waals surface area contributed by atoms with Crippen LogP contribution in [0.25, 0.3) is 10.9 Å². The van der Waals surface area contributed by atoms with Crippen molar-refractivity contribution in [1.82, 2.24) is 15.3 Å². The number of fused-ring (bicyclic) bond motifs is 1. The lowest BCUT2D eigenvalue weighted by molar-refractivity contribution is -0.119. The second kappa shape index (κ2) is 6.18. The molecule has 6 nitrogen and oxygen atoms in total. The van der Waals surface area contributed by atoms with Crippen molar-refractivity contribution in [2.45, 2.75) is 19.9 Å². The van der Waals surface area contributed by atoms with Gasteiger partial charge < -0.3 is 16.0 Å². The van der Waals surface area contributed by atoms with Crippen LogP contribution in [-0.4, -0.2) is 35.5 Å². The van der Waals surface area contributed by atoms with Crippen LogP contribution in [0.15, 0.2) is 24.3 Å². The fourth-order valence-corrected chi connectivity index (χ4v) is 1.86. The van der Waals surface area contributed by atoms with Gasteiger partial charge in [-0.3, -0.25) is 4.79 Å². The standard InChI is InChI=1S/C14H19N5O/c1-9(2)17-12(20)8-16-13-10-6-4-5-7-11(10)18-14(15-3)19-13/h4-7,9H,8H2,1-3H3,(H,17,20)(H2,15,16,18,19). The first-order chi connectivity index (χ1) is 9.60. The number of hydrogen-bond acceptors (Lipinski definition) is 5. The zero-order valence-corrected chi connectivity index (χ0v) is 11.9. The predicted octanol–water partition coefficient (Wildman–Crippen LogP) is 1.61. The zero-order chi connectivity index (χ0) is 14.5. The van der Waals surface area contributed by atoms with E-state index in [0.717, 1.165) is 10.9 Å². The maximum Gasteiger partial charge on any atom is 0.239 e. The van der Waals surface area contributed by atoms with E-state index in [-0.39, 0.29) is 18.5 Å². The van der Waals surface area contributed by atoms with E-state index >= 15 is 0 Å². The van der Waals surface area contributed by atoms with E-state index in [2.05, 4.69) is 25.9 Å². The lowest BCUT2D eigenvalue weighted by atomic mass is 10.2. The van der Waals surface area contributed by atoms with Gasteiger partial charge in [-0.1, -0.05) is 12.1 Å². The first-order valence-corrected chi connectivity index (χ1v) is 6.58. The summed E-state index contributed by atoms with van der Waals surface area (Å²) in [5, 5.41) is 9.70. The van der Waals surface area contributed by atoms with Crippen molar-refractivity contribution in [1.29, 1.82) is 0 Å². The van der Waals surface area contributed by atoms with Gasteiger partial charge in [0.15, 0.2) is 0 Å². The van der Waals surface area contributed by atoms with Gasteiger partial charge in [-0.2, -0.15) is 4.98 Å². The Morgan fingerprint density at radius 1 is 1.25 bits per heavy atom. The molecule has 0 fully saturated rings. The quantitative estimate of drug-likeness (QED) is 0.771. The van der Waals surface area contributed by atoms with Gasteiger partial charge in [-0.15, -0.1) is 0 Å². The van der Waals surface area contributed by atoms with Crippen molar-refractivity contribution in [3.63, 3.8) is 0 Å². The van der Waals surface area contributed by atoms with Gasteiger partial charge in [-0.05, 0) is 26.0 Å². The molecule has 0 aliphatic rings. The van der Waals surface area contributed by atoms with E-state index in [0.29, 0.717) is 11.8 Å². The fraction of sp³-hybridized carbons (Fsp3) is 0.357. The molecule has 0 saturated carbocycles. The van der Waals surface area contributed by atoms with Gasteiger partial charge in [-0.25, -0.2) is 4.98 Å². The number of amides is 1. The highest BCUT2D eigenvalue weighted by atomic mass is 16.1. The number of carbonyl (C=O) groups excluding carboxylic acids is 1. The summed E-state index contributed by atoms with van der Waals surface area (Å²) in [6.45, 7) is 4.04. The highest BCUT2D eigenvalue weighted by molar-refractivity contribution is 5.91. The van der Waals surface area contributed by atoms with Gasteiger partial charge in [0.2, 0.25) is 11.9 Å². The van der Waals surface area contributed by atoms with E-state index in [9.17, 15) is 4.79 Å². The Kier molecular flexibility index (Phi) is 4.34. The first kappa shape index (κ1) is 14.0. The summed E-state index contributed by atoms with van der Waals surface area (Å²) >= 11 is 0. The van der Waals surface area contributed by atoms with Crippen molar-refractivity contribution < 1.29 is 4.79 Å². The van der Waals surface area contributed by atoms with Gasteiger partial charge >= 0.3 is 0 Å². The smallest absolute Gasteiger partial charge is 0.239 e. The lowest BCUT2D eigenvalue weighted by Crippen LogP contribution is -2.35. The van der Waals surface area contributed by atoms with Crippen LogP contribution in [0.2, 0.25) is 0 Å². The van der Waals surface area contributed by atoms with Crippen LogP contribution in [-0.2, 0) is 4.79 Å². The average Bonchev–Trinajstić information content (AvgIpc) is 2.43. The summed E-state index contributed by atoms with van der Waals surface area (Å²) in [6, 6.07) is 7.81. The minimum absolute atomic E-state index is 0.0614. The van der Waals surface area contributed by atoms with Crippen molar-refractivity contribution in [3.05, 3.63) is 24.3 Å². The Labute approximate surface area is 118 Å². The molecule has 0 unspecified atom stereocenters. The van der Waals surface area contributed by atoms with Crippen LogP contribution in [0, 0.1) is 0 Å². The number of anilines is 2. The molecule has 1 aromatic heterocycles. The third kappa shape index (κ3) is 3.34. The SMILES string of the molecule is CNc1nc(NCC(=O)NC(C)C)c2ccccc2n1. The van der Waals surface area contributed by atoms with E-state index in [1.807, 2.05) is 38.1 Å². The summed E-state index contributed by atoms with van der Waals surface area (Å²) in [5.74, 6) is 1.11. The minimum Gasteiger partial charge on any atom is -0.360 e. The number of para-hydroxylation sites is 1. The molecule has 0 atom stereocenters. The first-order valence-electron chi connectivity index (χ1n) is 6.58. The molecule has 0 spiro atoms. The summed E-state index contributed by atoms with van der Waals surface area (Å²) in [6.07, 6.45) is 0. The van der Waals surface area contributed by atoms with Gasteiger partial charge in [0.25, 0.3) is 0 Å². The number of benzene rings is 1. The maximum atomic E-state index is 11.7. The van der Waals surface area contributed by atoms with Crippen molar-refractivity contribution in [2.75, 3.05) is 24.2 Å². The Hall–Kier alpha value is -2.37. The monoisotopic (exact) mass is 273 g/mol. The van der Waals surface area contributed by atoms with E-state index < -0.39 is 0 Å². The molecule has 3 N–H and O–H groups in total. The Balaban J connectivity index is 2.22. The Bertz CT molecular complexity index is 612. The highest BCUT2D eigenvalue weighted by Crippen LogP contribution is 2.21. The number of carbonyl (C=O) groups is 1. The molecular weight excluding hydrogens is 254 g/mol. The minimum atomic E-state index is -0.0614. The van der Waals surface area contributed by atoms with Crippen molar-refractivity contribution in [3.8, 4) is 0 Å². The molecule has 1 aromatic carbocycles. The largest absolute Gasteiger partial charge is 0.360 e. The van der Waals surface area contributed by atoms with Gasteiger partial charge in [0.05, 0.1) is 12.1 Å². The molecule has 106 valence electrons. The molecule has 0 aliphatic carbocycles. The number of nitrogens with one attached hydrogen (secondary N) is 3. The van der Waals surface area contributed by atoms with Crippen LogP contribution in [0.5, 0.6) is 0 Å². The molecule has 1 heterocycles. The lowest BCUT2D eigenvalue weighted by Gasteiger charge is -2.12. The van der Waals surface area contributed by atoms with Crippen LogP contribution >= 0.6 is 0 Å².